The average Bonchev–Trinajstić information content (AvgIpc) is 2.13. The molecule has 68 valence electrons. The average molecular weight is 278 g/mol. The van der Waals surface area contributed by atoms with E-state index in [1.54, 1.807) is 0 Å². The van der Waals surface area contributed by atoms with Gasteiger partial charge in [0.1, 0.15) is 0 Å². The summed E-state index contributed by atoms with van der Waals surface area (Å²) in [5, 5.41) is 14.2. The maximum Gasteiger partial charge on any atom is 0.0237 e. The lowest BCUT2D eigenvalue weighted by Crippen LogP contribution is -2.19. The van der Waals surface area contributed by atoms with Gasteiger partial charge in [-0.25, -0.2) is 0 Å². The molecule has 0 aromatic heterocycles. The third kappa shape index (κ3) is 3.47. The van der Waals surface area contributed by atoms with E-state index in [2.05, 4.69) is 29.2 Å². The summed E-state index contributed by atoms with van der Waals surface area (Å²) in [5.41, 5.74) is -0.168. The van der Waals surface area contributed by atoms with Crippen molar-refractivity contribution in [3.63, 3.8) is 0 Å². The summed E-state index contributed by atoms with van der Waals surface area (Å²) in [5.74, 6) is 0. The van der Waals surface area contributed by atoms with Gasteiger partial charge in [-0.1, -0.05) is 28.7 Å². The largest absolute Gasteiger partial charge is 0.313 e. The molecule has 2 N–H and O–H groups in total. The van der Waals surface area contributed by atoms with Gasteiger partial charge >= 0.3 is 0 Å². The van der Waals surface area contributed by atoms with Crippen LogP contribution in [0.4, 0.5) is 0 Å². The lowest BCUT2D eigenvalue weighted by molar-refractivity contribution is 0.498. The molecule has 0 rings (SSSR count). The third-order valence-corrected chi connectivity index (χ3v) is 2.55. The zero-order valence-electron chi connectivity index (χ0n) is 7.15. The normalized spacial score (nSPS) is 14.8. The van der Waals surface area contributed by atoms with E-state index in [1.165, 1.54) is 12.4 Å². The fourth-order valence-corrected chi connectivity index (χ4v) is 2.05. The van der Waals surface area contributed by atoms with Crippen molar-refractivity contribution in [2.75, 3.05) is 4.43 Å². The molecule has 0 spiro atoms. The second-order valence-electron chi connectivity index (χ2n) is 2.76. The van der Waals surface area contributed by atoms with E-state index in [9.17, 15) is 0 Å². The van der Waals surface area contributed by atoms with Gasteiger partial charge in [0.05, 0.1) is 0 Å². The van der Waals surface area contributed by atoms with E-state index in [0.29, 0.717) is 0 Å². The summed E-state index contributed by atoms with van der Waals surface area (Å²) in [6.07, 6.45) is 7.22. The van der Waals surface area contributed by atoms with Gasteiger partial charge in [-0.15, -0.1) is 6.58 Å². The summed E-state index contributed by atoms with van der Waals surface area (Å²) in [6, 6.07) is 0. The summed E-state index contributed by atoms with van der Waals surface area (Å²) in [7, 11) is 0. The molecule has 0 aliphatic carbocycles. The number of rotatable bonds is 7. The Morgan fingerprint density at radius 2 is 2.00 bits per heavy atom. The van der Waals surface area contributed by atoms with E-state index < -0.39 is 0 Å². The van der Waals surface area contributed by atoms with Crippen LogP contribution in [0.3, 0.4) is 0 Å². The van der Waals surface area contributed by atoms with Gasteiger partial charge in [-0.3, -0.25) is 0 Å². The molecule has 0 fully saturated rings. The maximum absolute atomic E-state index is 7.32. The molecule has 0 amide bonds. The van der Waals surface area contributed by atoms with Crippen LogP contribution in [-0.2, 0) is 0 Å². The minimum Gasteiger partial charge on any atom is -0.313 e. The van der Waals surface area contributed by atoms with Gasteiger partial charge in [-0.05, 0) is 25.5 Å². The number of hydrogen-bond donors (Lipinski definition) is 2. The SMILES string of the molecule is C=CC(C=N)(CCI)CCC=N. The highest BCUT2D eigenvalue weighted by Gasteiger charge is 2.21. The van der Waals surface area contributed by atoms with Crippen LogP contribution in [-0.4, -0.2) is 16.9 Å². The standard InChI is InChI=1S/C9H15IN2/c1-2-9(8-12,5-6-10)4-3-7-11/h2,7-8,11-12H,1,3-6H2. The van der Waals surface area contributed by atoms with E-state index in [4.69, 9.17) is 10.8 Å². The Bertz CT molecular complexity index is 158. The van der Waals surface area contributed by atoms with Crippen molar-refractivity contribution in [2.24, 2.45) is 5.41 Å². The quantitative estimate of drug-likeness (QED) is 0.311. The first-order chi connectivity index (χ1) is 5.74. The third-order valence-electron chi connectivity index (χ3n) is 2.01. The van der Waals surface area contributed by atoms with Crippen molar-refractivity contribution in [1.82, 2.24) is 0 Å². The Morgan fingerprint density at radius 3 is 2.33 bits per heavy atom. The fourth-order valence-electron chi connectivity index (χ4n) is 1.05. The Kier molecular flexibility index (Phi) is 6.24. The van der Waals surface area contributed by atoms with Crippen molar-refractivity contribution in [1.29, 1.82) is 10.8 Å². The molecule has 1 atom stereocenters. The Morgan fingerprint density at radius 1 is 1.33 bits per heavy atom. The molecule has 0 aliphatic heterocycles. The maximum atomic E-state index is 7.32. The molecule has 1 unspecified atom stereocenters. The van der Waals surface area contributed by atoms with Crippen LogP contribution in [0.25, 0.3) is 0 Å². The van der Waals surface area contributed by atoms with Gasteiger partial charge in [0.25, 0.3) is 0 Å². The first-order valence-electron chi connectivity index (χ1n) is 3.95. The summed E-state index contributed by atoms with van der Waals surface area (Å²) >= 11 is 2.30. The van der Waals surface area contributed by atoms with Crippen LogP contribution in [0.15, 0.2) is 12.7 Å². The number of nitrogens with one attached hydrogen (secondary N) is 2. The van der Waals surface area contributed by atoms with Crippen molar-refractivity contribution in [3.05, 3.63) is 12.7 Å². The van der Waals surface area contributed by atoms with E-state index >= 15 is 0 Å². The number of hydrogen-bond acceptors (Lipinski definition) is 2. The van der Waals surface area contributed by atoms with Gasteiger partial charge in [0.2, 0.25) is 0 Å². The van der Waals surface area contributed by atoms with Gasteiger partial charge in [-0.2, -0.15) is 0 Å². The molecule has 0 saturated heterocycles. The molecule has 0 saturated carbocycles. The highest BCUT2D eigenvalue weighted by molar-refractivity contribution is 14.1. The number of allylic oxidation sites excluding steroid dienone is 1. The van der Waals surface area contributed by atoms with Crippen molar-refractivity contribution in [3.8, 4) is 0 Å². The highest BCUT2D eigenvalue weighted by atomic mass is 127. The van der Waals surface area contributed by atoms with Crippen molar-refractivity contribution < 1.29 is 0 Å². The molecule has 0 aromatic carbocycles. The van der Waals surface area contributed by atoms with Crippen LogP contribution in [0.5, 0.6) is 0 Å². The van der Waals surface area contributed by atoms with E-state index in [1.807, 2.05) is 6.08 Å². The van der Waals surface area contributed by atoms with E-state index in [-0.39, 0.29) is 5.41 Å². The predicted octanol–water partition coefficient (Wildman–Crippen LogP) is 3.06. The molecule has 0 aromatic rings. The Hall–Kier alpha value is -0.190. The summed E-state index contributed by atoms with van der Waals surface area (Å²) < 4.78 is 1.02. The monoisotopic (exact) mass is 278 g/mol. The van der Waals surface area contributed by atoms with Gasteiger partial charge < -0.3 is 10.8 Å². The first-order valence-corrected chi connectivity index (χ1v) is 5.47. The Balaban J connectivity index is 4.22. The fraction of sp³-hybridized carbons (Fsp3) is 0.556. The van der Waals surface area contributed by atoms with Gasteiger partial charge in [0.15, 0.2) is 0 Å². The van der Waals surface area contributed by atoms with Crippen molar-refractivity contribution >= 4 is 35.0 Å². The van der Waals surface area contributed by atoms with Crippen LogP contribution in [0.2, 0.25) is 0 Å². The van der Waals surface area contributed by atoms with Crippen LogP contribution < -0.4 is 0 Å². The Labute approximate surface area is 87.6 Å². The van der Waals surface area contributed by atoms with Crippen LogP contribution >= 0.6 is 22.6 Å². The minimum absolute atomic E-state index is 0.168. The van der Waals surface area contributed by atoms with E-state index in [0.717, 1.165) is 23.7 Å². The zero-order valence-corrected chi connectivity index (χ0v) is 9.30. The smallest absolute Gasteiger partial charge is 0.0237 e. The molecule has 0 radical (unpaired) electrons. The highest BCUT2D eigenvalue weighted by Crippen LogP contribution is 2.27. The van der Waals surface area contributed by atoms with Crippen LogP contribution in [0, 0.1) is 16.2 Å². The second-order valence-corrected chi connectivity index (χ2v) is 3.84. The minimum atomic E-state index is -0.168. The predicted molar refractivity (Wildman–Crippen MR) is 62.9 cm³/mol. The van der Waals surface area contributed by atoms with Crippen molar-refractivity contribution in [2.45, 2.75) is 19.3 Å². The second kappa shape index (κ2) is 6.34. The summed E-state index contributed by atoms with van der Waals surface area (Å²) in [6.45, 7) is 3.75. The topological polar surface area (TPSA) is 47.7 Å². The zero-order chi connectivity index (χ0) is 9.45. The number of halogens is 1. The molecule has 2 nitrogen and oxygen atoms in total. The molecule has 0 aliphatic rings. The lowest BCUT2D eigenvalue weighted by atomic mass is 9.82. The molecule has 3 heteroatoms. The first kappa shape index (κ1) is 11.8. The molecular weight excluding hydrogens is 263 g/mol. The molecule has 0 bridgehead atoms. The van der Waals surface area contributed by atoms with Gasteiger partial charge in [0, 0.05) is 16.1 Å². The summed E-state index contributed by atoms with van der Waals surface area (Å²) in [4.78, 5) is 0. The molecular formula is C9H15IN2. The molecule has 12 heavy (non-hydrogen) atoms. The number of alkyl halides is 1. The molecule has 0 heterocycles. The van der Waals surface area contributed by atoms with Crippen LogP contribution in [0.1, 0.15) is 19.3 Å². The lowest BCUT2D eigenvalue weighted by Gasteiger charge is -2.23.